The molecule has 2 saturated heterocycles. The van der Waals surface area contributed by atoms with Gasteiger partial charge in [0, 0.05) is 18.5 Å². The topological polar surface area (TPSA) is 109 Å². The quantitative estimate of drug-likeness (QED) is 0.385. The largest absolute Gasteiger partial charge is 0.458 e. The number of carbonyl (C=O) groups is 2. The summed E-state index contributed by atoms with van der Waals surface area (Å²) >= 11 is 0. The molecule has 0 saturated carbocycles. The van der Waals surface area contributed by atoms with Crippen molar-refractivity contribution in [2.45, 2.75) is 110 Å². The first-order chi connectivity index (χ1) is 18.0. The van der Waals surface area contributed by atoms with Gasteiger partial charge in [-0.05, 0) is 56.4 Å². The number of alkyl halides is 3. The number of aliphatic hydroxyl groups excluding tert-OH is 2. The number of aliphatic hydroxyl groups is 2. The van der Waals surface area contributed by atoms with Crippen molar-refractivity contribution in [2.24, 2.45) is 17.3 Å². The Kier molecular flexibility index (Phi) is 9.34. The van der Waals surface area contributed by atoms with E-state index in [4.69, 9.17) is 9.47 Å². The summed E-state index contributed by atoms with van der Waals surface area (Å²) in [4.78, 5) is 30.1. The van der Waals surface area contributed by atoms with E-state index in [-0.39, 0.29) is 23.5 Å². The van der Waals surface area contributed by atoms with Gasteiger partial charge in [-0.25, -0.2) is 0 Å². The van der Waals surface area contributed by atoms with Crippen LogP contribution in [0.15, 0.2) is 23.9 Å². The SMILES string of the molecule is CC(=Cc1ccc(C(F)(F)F)cn1)[C@@H]1C[C@@H]2O[C@]2(C)CCC[C@H](C)[C@H](O)[C@@H](C)C(=O)C(C)(C)[C@@H](O)CC(=O)O1. The second-order valence-corrected chi connectivity index (χ2v) is 11.9. The number of epoxide rings is 1. The highest BCUT2D eigenvalue weighted by Crippen LogP contribution is 2.45. The Bertz CT molecular complexity index is 1070. The molecule has 1 aromatic rings. The number of rotatable bonds is 2. The van der Waals surface area contributed by atoms with Crippen molar-refractivity contribution in [3.05, 3.63) is 35.2 Å². The monoisotopic (exact) mass is 555 g/mol. The number of Topliss-reactive ketones (excluding diaryl/α,β-unsaturated/α-hetero) is 1. The third-order valence-electron chi connectivity index (χ3n) is 8.40. The molecule has 0 amide bonds. The molecule has 2 N–H and O–H groups in total. The number of aromatic nitrogens is 1. The third kappa shape index (κ3) is 7.46. The minimum atomic E-state index is -4.50. The Labute approximate surface area is 227 Å². The van der Waals surface area contributed by atoms with E-state index in [2.05, 4.69) is 4.98 Å². The van der Waals surface area contributed by atoms with Crippen LogP contribution in [-0.4, -0.2) is 57.0 Å². The highest BCUT2D eigenvalue weighted by atomic mass is 19.4. The van der Waals surface area contributed by atoms with E-state index in [9.17, 15) is 33.0 Å². The lowest BCUT2D eigenvalue weighted by molar-refractivity contribution is -0.154. The fourth-order valence-corrected chi connectivity index (χ4v) is 5.28. The number of ether oxygens (including phenoxy) is 2. The first-order valence-corrected chi connectivity index (χ1v) is 13.4. The van der Waals surface area contributed by atoms with Crippen LogP contribution in [0.1, 0.15) is 84.9 Å². The molecule has 2 fully saturated rings. The summed E-state index contributed by atoms with van der Waals surface area (Å²) in [5, 5.41) is 21.7. The van der Waals surface area contributed by atoms with Gasteiger partial charge in [0.15, 0.2) is 0 Å². The summed E-state index contributed by atoms with van der Waals surface area (Å²) in [7, 11) is 0. The van der Waals surface area contributed by atoms with Gasteiger partial charge in [-0.2, -0.15) is 13.2 Å². The first kappa shape index (κ1) is 31.2. The molecule has 7 atom stereocenters. The Morgan fingerprint density at radius 2 is 1.82 bits per heavy atom. The van der Waals surface area contributed by atoms with E-state index in [1.807, 2.05) is 13.8 Å². The fraction of sp³-hybridized carbons (Fsp3) is 0.690. The number of ketones is 1. The van der Waals surface area contributed by atoms with Gasteiger partial charge in [0.05, 0.1) is 47.0 Å². The minimum Gasteiger partial charge on any atom is -0.458 e. The van der Waals surface area contributed by atoms with Crippen LogP contribution in [0.25, 0.3) is 6.08 Å². The van der Waals surface area contributed by atoms with Crippen LogP contribution in [0.5, 0.6) is 0 Å². The zero-order valence-corrected chi connectivity index (χ0v) is 23.4. The molecule has 0 unspecified atom stereocenters. The van der Waals surface area contributed by atoms with Crippen LogP contribution in [0.4, 0.5) is 13.2 Å². The maximum Gasteiger partial charge on any atom is 0.417 e. The van der Waals surface area contributed by atoms with Gasteiger partial charge in [0.1, 0.15) is 11.9 Å². The molecule has 0 aromatic carbocycles. The molecule has 3 heterocycles. The Balaban J connectivity index is 1.86. The van der Waals surface area contributed by atoms with E-state index in [0.717, 1.165) is 18.7 Å². The Hall–Kier alpha value is -2.30. The lowest BCUT2D eigenvalue weighted by Gasteiger charge is -2.34. The van der Waals surface area contributed by atoms with Crippen molar-refractivity contribution in [2.75, 3.05) is 0 Å². The van der Waals surface area contributed by atoms with Gasteiger partial charge in [0.25, 0.3) is 0 Å². The van der Waals surface area contributed by atoms with Gasteiger partial charge in [-0.1, -0.05) is 34.1 Å². The summed E-state index contributed by atoms with van der Waals surface area (Å²) in [6.07, 6.45) is -3.38. The molecular weight excluding hydrogens is 515 g/mol. The van der Waals surface area contributed by atoms with Crippen molar-refractivity contribution >= 4 is 17.8 Å². The van der Waals surface area contributed by atoms with E-state index in [1.54, 1.807) is 33.8 Å². The number of halogens is 3. The van der Waals surface area contributed by atoms with Crippen molar-refractivity contribution < 1.29 is 42.4 Å². The number of cyclic esters (lactones) is 1. The predicted molar refractivity (Wildman–Crippen MR) is 138 cm³/mol. The normalized spacial score (nSPS) is 35.2. The lowest BCUT2D eigenvalue weighted by Crippen LogP contribution is -2.45. The average molecular weight is 556 g/mol. The predicted octanol–water partition coefficient (Wildman–Crippen LogP) is 5.13. The summed E-state index contributed by atoms with van der Waals surface area (Å²) in [6, 6.07) is 2.18. The summed E-state index contributed by atoms with van der Waals surface area (Å²) in [6.45, 7) is 10.3. The second kappa shape index (κ2) is 11.7. The van der Waals surface area contributed by atoms with Gasteiger partial charge < -0.3 is 19.7 Å². The molecule has 10 heteroatoms. The standard InChI is InChI=1S/C29H40F3NO6/c1-16-8-7-11-28(6)23(39-28)13-21(17(2)12-20-10-9-19(15-33-20)29(30,31)32)38-24(35)14-22(34)27(4,5)26(37)18(3)25(16)36/h9-10,12,15-16,18,21-23,25,34,36H,7-8,11,13-14H2,1-6H3/t16-,18+,21-,22-,23-,25-,28+/m0/s1. The molecule has 39 heavy (non-hydrogen) atoms. The summed E-state index contributed by atoms with van der Waals surface area (Å²) in [5.74, 6) is -1.95. The summed E-state index contributed by atoms with van der Waals surface area (Å²) in [5.41, 5.74) is -1.78. The minimum absolute atomic E-state index is 0.148. The molecule has 0 aliphatic carbocycles. The van der Waals surface area contributed by atoms with Crippen LogP contribution in [0.3, 0.4) is 0 Å². The van der Waals surface area contributed by atoms with Crippen molar-refractivity contribution in [3.8, 4) is 0 Å². The van der Waals surface area contributed by atoms with E-state index < -0.39 is 59.4 Å². The molecule has 7 nitrogen and oxygen atoms in total. The number of hydrogen-bond donors (Lipinski definition) is 2. The van der Waals surface area contributed by atoms with Crippen molar-refractivity contribution in [1.82, 2.24) is 4.98 Å². The van der Waals surface area contributed by atoms with Gasteiger partial charge in [0.2, 0.25) is 0 Å². The molecule has 0 radical (unpaired) electrons. The number of carbonyl (C=O) groups excluding carboxylic acids is 2. The summed E-state index contributed by atoms with van der Waals surface area (Å²) < 4.78 is 50.5. The molecule has 3 rings (SSSR count). The Morgan fingerprint density at radius 3 is 2.41 bits per heavy atom. The van der Waals surface area contributed by atoms with Gasteiger partial charge in [-0.3, -0.25) is 14.6 Å². The zero-order valence-electron chi connectivity index (χ0n) is 23.4. The molecule has 0 spiro atoms. The van der Waals surface area contributed by atoms with Crippen LogP contribution < -0.4 is 0 Å². The number of esters is 1. The zero-order chi connectivity index (χ0) is 29.3. The molecule has 1 aromatic heterocycles. The highest BCUT2D eigenvalue weighted by Gasteiger charge is 2.53. The van der Waals surface area contributed by atoms with E-state index in [1.165, 1.54) is 6.07 Å². The van der Waals surface area contributed by atoms with Crippen molar-refractivity contribution in [1.29, 1.82) is 0 Å². The average Bonchev–Trinajstić information content (AvgIpc) is 3.49. The molecular formula is C29H40F3NO6. The Morgan fingerprint density at radius 1 is 1.15 bits per heavy atom. The van der Waals surface area contributed by atoms with Crippen LogP contribution in [0.2, 0.25) is 0 Å². The molecule has 218 valence electrons. The number of pyridine rings is 1. The number of nitrogens with zero attached hydrogens (tertiary/aromatic N) is 1. The van der Waals surface area contributed by atoms with Crippen LogP contribution in [0, 0.1) is 17.3 Å². The van der Waals surface area contributed by atoms with E-state index in [0.29, 0.717) is 24.8 Å². The second-order valence-electron chi connectivity index (χ2n) is 11.9. The molecule has 2 aliphatic rings. The highest BCUT2D eigenvalue weighted by molar-refractivity contribution is 5.88. The van der Waals surface area contributed by atoms with Crippen LogP contribution in [-0.2, 0) is 25.2 Å². The number of fused-ring (bicyclic) bond motifs is 1. The smallest absolute Gasteiger partial charge is 0.417 e. The number of hydrogen-bond acceptors (Lipinski definition) is 7. The first-order valence-electron chi connectivity index (χ1n) is 13.4. The molecule has 2 aliphatic heterocycles. The van der Waals surface area contributed by atoms with E-state index >= 15 is 0 Å². The van der Waals surface area contributed by atoms with Gasteiger partial charge >= 0.3 is 12.1 Å². The maximum absolute atomic E-state index is 13.2. The maximum atomic E-state index is 13.2. The van der Waals surface area contributed by atoms with Crippen molar-refractivity contribution in [3.63, 3.8) is 0 Å². The third-order valence-corrected chi connectivity index (χ3v) is 8.40. The fourth-order valence-electron chi connectivity index (χ4n) is 5.28. The lowest BCUT2D eigenvalue weighted by atomic mass is 9.73. The molecule has 0 bridgehead atoms. The van der Waals surface area contributed by atoms with Gasteiger partial charge in [-0.15, -0.1) is 0 Å². The van der Waals surface area contributed by atoms with Crippen LogP contribution >= 0.6 is 0 Å².